The summed E-state index contributed by atoms with van der Waals surface area (Å²) in [5.41, 5.74) is -0.738. The molecule has 0 bridgehead atoms. The minimum Gasteiger partial charge on any atom is -0.504 e. The highest BCUT2D eigenvalue weighted by molar-refractivity contribution is 5.91. The van der Waals surface area contributed by atoms with Crippen molar-refractivity contribution >= 4 is 11.9 Å². The summed E-state index contributed by atoms with van der Waals surface area (Å²) in [6, 6.07) is 11.4. The van der Waals surface area contributed by atoms with E-state index in [4.69, 9.17) is 33.2 Å². The fraction of sp³-hybridized carbons (Fsp3) is 0.355. The predicted octanol–water partition coefficient (Wildman–Crippen LogP) is 4.72. The van der Waals surface area contributed by atoms with Gasteiger partial charge in [0, 0.05) is 35.1 Å². The molecule has 0 aromatic heterocycles. The van der Waals surface area contributed by atoms with Gasteiger partial charge in [-0.3, -0.25) is 4.79 Å². The largest absolute Gasteiger partial charge is 0.504 e. The Labute approximate surface area is 242 Å². The summed E-state index contributed by atoms with van der Waals surface area (Å²) in [4.78, 5) is 25.9. The second kappa shape index (κ2) is 11.0. The number of benzene rings is 3. The van der Waals surface area contributed by atoms with Crippen LogP contribution in [-0.4, -0.2) is 55.9 Å². The molecule has 0 radical (unpaired) electrons. The number of phenolic OH excluding ortho intramolecular Hbond substituents is 1. The number of methoxy groups -OCH3 is 3. The van der Waals surface area contributed by atoms with E-state index in [0.29, 0.717) is 11.3 Å². The molecule has 3 aromatic rings. The van der Waals surface area contributed by atoms with Crippen molar-refractivity contribution in [3.63, 3.8) is 0 Å². The van der Waals surface area contributed by atoms with E-state index >= 15 is 0 Å². The first-order valence-corrected chi connectivity index (χ1v) is 13.2. The third-order valence-electron chi connectivity index (χ3n) is 7.80. The molecular weight excluding hydrogens is 548 g/mol. The average Bonchev–Trinajstić information content (AvgIpc) is 3.45. The van der Waals surface area contributed by atoms with Gasteiger partial charge in [-0.2, -0.15) is 0 Å². The zero-order valence-electron chi connectivity index (χ0n) is 24.0. The van der Waals surface area contributed by atoms with Gasteiger partial charge < -0.3 is 43.4 Å². The van der Waals surface area contributed by atoms with Gasteiger partial charge in [-0.15, -0.1) is 0 Å². The van der Waals surface area contributed by atoms with Crippen LogP contribution in [0.15, 0.2) is 42.5 Å². The van der Waals surface area contributed by atoms with Gasteiger partial charge in [0.25, 0.3) is 0 Å². The fourth-order valence-corrected chi connectivity index (χ4v) is 5.58. The van der Waals surface area contributed by atoms with Crippen molar-refractivity contribution in [2.75, 3.05) is 28.1 Å². The van der Waals surface area contributed by atoms with Crippen molar-refractivity contribution in [3.8, 4) is 45.6 Å². The third-order valence-corrected chi connectivity index (χ3v) is 7.80. The summed E-state index contributed by atoms with van der Waals surface area (Å²) < 4.78 is 40.1. The lowest BCUT2D eigenvalue weighted by molar-refractivity contribution is -0.166. The average molecular weight is 581 g/mol. The Morgan fingerprint density at radius 1 is 0.929 bits per heavy atom. The fourth-order valence-electron chi connectivity index (χ4n) is 5.58. The molecule has 0 unspecified atom stereocenters. The number of hydrogen-bond acceptors (Lipinski definition) is 11. The van der Waals surface area contributed by atoms with E-state index in [-0.39, 0.29) is 52.0 Å². The molecule has 5 rings (SSSR count). The van der Waals surface area contributed by atoms with Gasteiger partial charge in [-0.25, -0.2) is 4.79 Å². The SMILES string of the molecule is COc1cc2c(c(O)c1OC)-c1c(cc3c(c1OC)OCO3)[C@@H](OC(C)=O)[C@H](C)[C@@](C)(O)[C@H]2OC(=O)c1ccccc1. The summed E-state index contributed by atoms with van der Waals surface area (Å²) in [5, 5.41) is 24.0. The van der Waals surface area contributed by atoms with E-state index in [1.54, 1.807) is 43.3 Å². The van der Waals surface area contributed by atoms with Gasteiger partial charge in [0.05, 0.1) is 26.9 Å². The smallest absolute Gasteiger partial charge is 0.338 e. The molecule has 11 heteroatoms. The lowest BCUT2D eigenvalue weighted by Crippen LogP contribution is -2.46. The van der Waals surface area contributed by atoms with Crippen LogP contribution in [0.3, 0.4) is 0 Å². The lowest BCUT2D eigenvalue weighted by Gasteiger charge is -2.43. The molecule has 0 spiro atoms. The van der Waals surface area contributed by atoms with Crippen molar-refractivity contribution in [2.45, 2.75) is 38.6 Å². The van der Waals surface area contributed by atoms with Gasteiger partial charge in [-0.05, 0) is 31.2 Å². The second-order valence-electron chi connectivity index (χ2n) is 10.2. The Bertz CT molecular complexity index is 1530. The molecule has 0 saturated heterocycles. The molecule has 1 aliphatic carbocycles. The Morgan fingerprint density at radius 3 is 2.24 bits per heavy atom. The summed E-state index contributed by atoms with van der Waals surface area (Å²) in [6.07, 6.45) is -2.53. The maximum Gasteiger partial charge on any atom is 0.338 e. The van der Waals surface area contributed by atoms with Crippen LogP contribution in [0, 0.1) is 5.92 Å². The zero-order valence-corrected chi connectivity index (χ0v) is 24.0. The molecule has 4 atom stereocenters. The van der Waals surface area contributed by atoms with Crippen molar-refractivity contribution < 1.29 is 53.0 Å². The standard InChI is InChI=1S/C31H32O11/c1-15-25(41-16(2)32)18-12-21-27(40-14-39-21)28(38-6)23(18)22-19(13-20(36-4)26(37-5)24(22)33)29(31(15,3)35)42-30(34)17-10-8-7-9-11-17/h7-13,15,25,29,33,35H,14H2,1-6H3/t15-,25-,29-,31+/m0/s1. The molecule has 1 heterocycles. The number of carbonyl (C=O) groups is 2. The van der Waals surface area contributed by atoms with Crippen LogP contribution in [0.5, 0.6) is 34.5 Å². The van der Waals surface area contributed by atoms with Crippen LogP contribution in [0.25, 0.3) is 11.1 Å². The molecule has 2 aliphatic rings. The molecule has 11 nitrogen and oxygen atoms in total. The van der Waals surface area contributed by atoms with Crippen LogP contribution in [0.1, 0.15) is 54.5 Å². The molecule has 0 fully saturated rings. The molecular formula is C31H32O11. The predicted molar refractivity (Wildman–Crippen MR) is 148 cm³/mol. The number of phenols is 1. The summed E-state index contributed by atoms with van der Waals surface area (Å²) >= 11 is 0. The number of fused-ring (bicyclic) bond motifs is 4. The van der Waals surface area contributed by atoms with Crippen molar-refractivity contribution in [1.82, 2.24) is 0 Å². The molecule has 0 saturated carbocycles. The van der Waals surface area contributed by atoms with Gasteiger partial charge in [0.2, 0.25) is 18.3 Å². The Kier molecular flexibility index (Phi) is 7.55. The lowest BCUT2D eigenvalue weighted by atomic mass is 9.71. The van der Waals surface area contributed by atoms with Gasteiger partial charge >= 0.3 is 11.9 Å². The van der Waals surface area contributed by atoms with E-state index in [1.165, 1.54) is 41.2 Å². The van der Waals surface area contributed by atoms with Crippen LogP contribution in [0.2, 0.25) is 0 Å². The van der Waals surface area contributed by atoms with E-state index in [9.17, 15) is 19.8 Å². The maximum atomic E-state index is 13.5. The highest BCUT2D eigenvalue weighted by Gasteiger charge is 2.51. The first-order chi connectivity index (χ1) is 20.0. The number of ether oxygens (including phenoxy) is 7. The Balaban J connectivity index is 1.91. The minimum absolute atomic E-state index is 0.0210. The number of esters is 2. The Morgan fingerprint density at radius 2 is 1.62 bits per heavy atom. The molecule has 222 valence electrons. The van der Waals surface area contributed by atoms with Crippen molar-refractivity contribution in [1.29, 1.82) is 0 Å². The zero-order chi connectivity index (χ0) is 30.3. The first kappa shape index (κ1) is 28.9. The van der Waals surface area contributed by atoms with Crippen LogP contribution in [-0.2, 0) is 14.3 Å². The van der Waals surface area contributed by atoms with E-state index in [1.807, 2.05) is 0 Å². The number of aliphatic hydroxyl groups is 1. The number of carbonyl (C=O) groups excluding carboxylic acids is 2. The Hall–Kier alpha value is -4.64. The van der Waals surface area contributed by atoms with E-state index in [0.717, 1.165) is 0 Å². The van der Waals surface area contributed by atoms with Crippen LogP contribution < -0.4 is 23.7 Å². The van der Waals surface area contributed by atoms with Crippen molar-refractivity contribution in [2.24, 2.45) is 5.92 Å². The highest BCUT2D eigenvalue weighted by Crippen LogP contribution is 2.61. The van der Waals surface area contributed by atoms with Crippen LogP contribution in [0.4, 0.5) is 0 Å². The number of rotatable bonds is 6. The first-order valence-electron chi connectivity index (χ1n) is 13.2. The monoisotopic (exact) mass is 580 g/mol. The van der Waals surface area contributed by atoms with Crippen LogP contribution >= 0.6 is 0 Å². The van der Waals surface area contributed by atoms with E-state index < -0.39 is 41.4 Å². The quantitative estimate of drug-likeness (QED) is 0.392. The van der Waals surface area contributed by atoms with E-state index in [2.05, 4.69) is 0 Å². The highest BCUT2D eigenvalue weighted by atomic mass is 16.7. The van der Waals surface area contributed by atoms with Gasteiger partial charge in [0.15, 0.2) is 29.1 Å². The molecule has 2 N–H and O–H groups in total. The third kappa shape index (κ3) is 4.59. The normalized spacial score (nSPS) is 22.1. The number of aromatic hydroxyl groups is 1. The second-order valence-corrected chi connectivity index (χ2v) is 10.2. The minimum atomic E-state index is -1.88. The molecule has 1 aliphatic heterocycles. The molecule has 3 aromatic carbocycles. The summed E-state index contributed by atoms with van der Waals surface area (Å²) in [7, 11) is 4.17. The topological polar surface area (TPSA) is 139 Å². The van der Waals surface area contributed by atoms with Crippen molar-refractivity contribution in [3.05, 3.63) is 59.2 Å². The van der Waals surface area contributed by atoms with Gasteiger partial charge in [0.1, 0.15) is 11.7 Å². The maximum absolute atomic E-state index is 13.5. The molecule has 42 heavy (non-hydrogen) atoms. The molecule has 0 amide bonds. The summed E-state index contributed by atoms with van der Waals surface area (Å²) in [6.45, 7) is 4.30. The number of hydrogen-bond donors (Lipinski definition) is 2. The summed E-state index contributed by atoms with van der Waals surface area (Å²) in [5.74, 6) is -1.78. The van der Waals surface area contributed by atoms with Gasteiger partial charge in [-0.1, -0.05) is 25.1 Å².